The van der Waals surface area contributed by atoms with Gasteiger partial charge in [0.25, 0.3) is 0 Å². The van der Waals surface area contributed by atoms with Crippen molar-refractivity contribution in [2.24, 2.45) is 0 Å². The molecule has 0 radical (unpaired) electrons. The van der Waals surface area contributed by atoms with Crippen molar-refractivity contribution in [3.05, 3.63) is 53.2 Å². The predicted octanol–water partition coefficient (Wildman–Crippen LogP) is 3.69. The van der Waals surface area contributed by atoms with E-state index in [0.717, 1.165) is 5.56 Å². The van der Waals surface area contributed by atoms with Crippen molar-refractivity contribution >= 4 is 29.1 Å². The van der Waals surface area contributed by atoms with Crippen molar-refractivity contribution in [1.82, 2.24) is 4.98 Å². The van der Waals surface area contributed by atoms with Crippen LogP contribution in [0.1, 0.15) is 5.56 Å². The summed E-state index contributed by atoms with van der Waals surface area (Å²) in [7, 11) is 0. The van der Waals surface area contributed by atoms with Crippen LogP contribution in [-0.2, 0) is 0 Å². The van der Waals surface area contributed by atoms with Crippen LogP contribution < -0.4 is 10.6 Å². The van der Waals surface area contributed by atoms with Gasteiger partial charge in [0.2, 0.25) is 0 Å². The number of carbonyl (C=O) groups excluding carboxylic acids is 1. The lowest BCUT2D eigenvalue weighted by Gasteiger charge is -2.09. The van der Waals surface area contributed by atoms with Crippen LogP contribution in [0, 0.1) is 6.92 Å². The van der Waals surface area contributed by atoms with Crippen LogP contribution in [0.5, 0.6) is 0 Å². The number of para-hydroxylation sites is 1. The third-order valence-electron chi connectivity index (χ3n) is 2.36. The summed E-state index contributed by atoms with van der Waals surface area (Å²) in [5.74, 6) is 0.530. The van der Waals surface area contributed by atoms with E-state index in [1.54, 1.807) is 30.5 Å². The zero-order valence-electron chi connectivity index (χ0n) is 9.77. The first-order chi connectivity index (χ1) is 8.66. The zero-order valence-corrected chi connectivity index (χ0v) is 10.5. The third-order valence-corrected chi connectivity index (χ3v) is 2.69. The van der Waals surface area contributed by atoms with Crippen LogP contribution in [0.3, 0.4) is 0 Å². The van der Waals surface area contributed by atoms with Crippen LogP contribution in [-0.4, -0.2) is 11.0 Å². The van der Waals surface area contributed by atoms with Gasteiger partial charge >= 0.3 is 6.03 Å². The number of anilines is 2. The minimum atomic E-state index is -0.370. The molecular formula is C13H12ClN3O. The summed E-state index contributed by atoms with van der Waals surface area (Å²) in [6.45, 7) is 1.87. The molecule has 0 bridgehead atoms. The molecule has 0 spiro atoms. The molecule has 1 aromatic heterocycles. The van der Waals surface area contributed by atoms with E-state index in [0.29, 0.717) is 16.5 Å². The van der Waals surface area contributed by atoms with Crippen molar-refractivity contribution < 1.29 is 4.79 Å². The molecule has 2 rings (SSSR count). The lowest BCUT2D eigenvalue weighted by molar-refractivity contribution is 0.262. The van der Waals surface area contributed by atoms with Gasteiger partial charge in [0, 0.05) is 6.20 Å². The molecule has 0 aliphatic carbocycles. The second kappa shape index (κ2) is 5.51. The molecule has 0 unspecified atom stereocenters. The smallest absolute Gasteiger partial charge is 0.306 e. The van der Waals surface area contributed by atoms with Gasteiger partial charge in [-0.25, -0.2) is 9.78 Å². The molecule has 92 valence electrons. The normalized spacial score (nSPS) is 9.89. The summed E-state index contributed by atoms with van der Waals surface area (Å²) in [6, 6.07) is 10.4. The standard InChI is InChI=1S/C13H12ClN3O/c1-9-5-4-8-15-12(9)17-13(18)16-11-7-3-2-6-10(11)14/h2-8H,1H3,(H2,15,16,17,18). The number of urea groups is 1. The van der Waals surface area contributed by atoms with E-state index in [1.807, 2.05) is 19.1 Å². The molecule has 0 aliphatic heterocycles. The van der Waals surface area contributed by atoms with Crippen molar-refractivity contribution in [2.75, 3.05) is 10.6 Å². The first kappa shape index (κ1) is 12.4. The van der Waals surface area contributed by atoms with E-state index in [1.165, 1.54) is 0 Å². The van der Waals surface area contributed by atoms with E-state index in [-0.39, 0.29) is 6.03 Å². The van der Waals surface area contributed by atoms with Gasteiger partial charge in [-0.15, -0.1) is 0 Å². The lowest BCUT2D eigenvalue weighted by atomic mass is 10.3. The average molecular weight is 262 g/mol. The topological polar surface area (TPSA) is 54.0 Å². The van der Waals surface area contributed by atoms with Crippen molar-refractivity contribution in [3.63, 3.8) is 0 Å². The fourth-order valence-electron chi connectivity index (χ4n) is 1.44. The molecule has 18 heavy (non-hydrogen) atoms. The molecule has 1 heterocycles. The molecule has 0 saturated heterocycles. The van der Waals surface area contributed by atoms with Gasteiger partial charge in [-0.05, 0) is 30.7 Å². The monoisotopic (exact) mass is 261 g/mol. The number of carbonyl (C=O) groups is 1. The molecule has 0 aliphatic rings. The number of hydrogen-bond donors (Lipinski definition) is 2. The van der Waals surface area contributed by atoms with E-state index < -0.39 is 0 Å². The number of benzene rings is 1. The highest BCUT2D eigenvalue weighted by Crippen LogP contribution is 2.20. The zero-order chi connectivity index (χ0) is 13.0. The quantitative estimate of drug-likeness (QED) is 0.866. The van der Waals surface area contributed by atoms with Crippen LogP contribution in [0.25, 0.3) is 0 Å². The molecule has 1 aromatic carbocycles. The molecule has 2 amide bonds. The Labute approximate surface area is 110 Å². The molecule has 0 fully saturated rings. The maximum Gasteiger partial charge on any atom is 0.324 e. The maximum atomic E-state index is 11.8. The number of nitrogens with one attached hydrogen (secondary N) is 2. The molecular weight excluding hydrogens is 250 g/mol. The molecule has 4 nitrogen and oxygen atoms in total. The Balaban J connectivity index is 2.06. The van der Waals surface area contributed by atoms with Gasteiger partial charge in [0.1, 0.15) is 5.82 Å². The molecule has 0 atom stereocenters. The van der Waals surface area contributed by atoms with Crippen LogP contribution >= 0.6 is 11.6 Å². The first-order valence-corrected chi connectivity index (χ1v) is 5.79. The Morgan fingerprint density at radius 2 is 1.94 bits per heavy atom. The number of rotatable bonds is 2. The van der Waals surface area contributed by atoms with Crippen LogP contribution in [0.2, 0.25) is 5.02 Å². The summed E-state index contributed by atoms with van der Waals surface area (Å²) in [4.78, 5) is 15.8. The number of halogens is 1. The van der Waals surface area contributed by atoms with E-state index >= 15 is 0 Å². The Hall–Kier alpha value is -2.07. The number of amides is 2. The van der Waals surface area contributed by atoms with E-state index in [4.69, 9.17) is 11.6 Å². The molecule has 2 N–H and O–H groups in total. The van der Waals surface area contributed by atoms with Crippen LogP contribution in [0.15, 0.2) is 42.6 Å². The van der Waals surface area contributed by atoms with Gasteiger partial charge < -0.3 is 5.32 Å². The molecule has 0 saturated carbocycles. The highest BCUT2D eigenvalue weighted by molar-refractivity contribution is 6.33. The number of aromatic nitrogens is 1. The number of aryl methyl sites for hydroxylation is 1. The fraction of sp³-hybridized carbons (Fsp3) is 0.0769. The SMILES string of the molecule is Cc1cccnc1NC(=O)Nc1ccccc1Cl. The Kier molecular flexibility index (Phi) is 3.79. The second-order valence-corrected chi connectivity index (χ2v) is 4.14. The Morgan fingerprint density at radius 3 is 2.67 bits per heavy atom. The first-order valence-electron chi connectivity index (χ1n) is 5.41. The number of hydrogen-bond acceptors (Lipinski definition) is 2. The van der Waals surface area contributed by atoms with E-state index in [2.05, 4.69) is 15.6 Å². The minimum Gasteiger partial charge on any atom is -0.306 e. The lowest BCUT2D eigenvalue weighted by Crippen LogP contribution is -2.20. The third kappa shape index (κ3) is 2.99. The summed E-state index contributed by atoms with van der Waals surface area (Å²) in [5, 5.41) is 5.82. The summed E-state index contributed by atoms with van der Waals surface area (Å²) in [6.07, 6.45) is 1.62. The summed E-state index contributed by atoms with van der Waals surface area (Å²) in [5.41, 5.74) is 1.46. The van der Waals surface area contributed by atoms with Gasteiger partial charge in [-0.3, -0.25) is 5.32 Å². The Morgan fingerprint density at radius 1 is 1.17 bits per heavy atom. The van der Waals surface area contributed by atoms with Crippen molar-refractivity contribution in [3.8, 4) is 0 Å². The fourth-order valence-corrected chi connectivity index (χ4v) is 1.62. The highest BCUT2D eigenvalue weighted by atomic mass is 35.5. The number of pyridine rings is 1. The highest BCUT2D eigenvalue weighted by Gasteiger charge is 2.07. The summed E-state index contributed by atoms with van der Waals surface area (Å²) >= 11 is 5.94. The van der Waals surface area contributed by atoms with Crippen molar-refractivity contribution in [1.29, 1.82) is 0 Å². The second-order valence-electron chi connectivity index (χ2n) is 3.73. The molecule has 5 heteroatoms. The predicted molar refractivity (Wildman–Crippen MR) is 73.1 cm³/mol. The number of nitrogens with zero attached hydrogens (tertiary/aromatic N) is 1. The Bertz CT molecular complexity index is 522. The van der Waals surface area contributed by atoms with Gasteiger partial charge in [-0.1, -0.05) is 29.8 Å². The van der Waals surface area contributed by atoms with Crippen molar-refractivity contribution in [2.45, 2.75) is 6.92 Å². The van der Waals surface area contributed by atoms with E-state index in [9.17, 15) is 4.79 Å². The van der Waals surface area contributed by atoms with Gasteiger partial charge in [0.15, 0.2) is 0 Å². The molecule has 2 aromatic rings. The van der Waals surface area contributed by atoms with Gasteiger partial charge in [0.05, 0.1) is 10.7 Å². The minimum absolute atomic E-state index is 0.370. The summed E-state index contributed by atoms with van der Waals surface area (Å²) < 4.78 is 0. The average Bonchev–Trinajstić information content (AvgIpc) is 2.35. The van der Waals surface area contributed by atoms with Gasteiger partial charge in [-0.2, -0.15) is 0 Å². The largest absolute Gasteiger partial charge is 0.324 e. The maximum absolute atomic E-state index is 11.8. The van der Waals surface area contributed by atoms with Crippen LogP contribution in [0.4, 0.5) is 16.3 Å².